The average molecular weight is 358 g/mol. The number of aryl methyl sites for hydroxylation is 1. The van der Waals surface area contributed by atoms with Gasteiger partial charge < -0.3 is 18.9 Å². The van der Waals surface area contributed by atoms with Crippen molar-refractivity contribution in [1.82, 2.24) is 29.7 Å². The Morgan fingerprint density at radius 1 is 1.19 bits per heavy atom. The number of hydrogen-bond donors (Lipinski definition) is 0. The van der Waals surface area contributed by atoms with Crippen molar-refractivity contribution in [3.8, 4) is 0 Å². The number of carbonyl (C=O) groups excluding carboxylic acids is 2. The van der Waals surface area contributed by atoms with Crippen LogP contribution in [0.5, 0.6) is 0 Å². The number of amides is 2. The summed E-state index contributed by atoms with van der Waals surface area (Å²) < 4.78 is 7.10. The van der Waals surface area contributed by atoms with Crippen LogP contribution in [-0.4, -0.2) is 61.2 Å². The molecule has 1 fully saturated rings. The van der Waals surface area contributed by atoms with Gasteiger partial charge in [0.15, 0.2) is 11.5 Å². The summed E-state index contributed by atoms with van der Waals surface area (Å²) in [5.74, 6) is 2.47. The maximum atomic E-state index is 12.6. The van der Waals surface area contributed by atoms with Crippen LogP contribution in [0.1, 0.15) is 53.6 Å². The number of likely N-dealkylation sites (tertiary alicyclic amines) is 1. The second-order valence-corrected chi connectivity index (χ2v) is 6.98. The quantitative estimate of drug-likeness (QED) is 0.793. The first kappa shape index (κ1) is 16.7. The number of hydrogen-bond acceptors (Lipinski definition) is 6. The molecule has 2 aliphatic rings. The van der Waals surface area contributed by atoms with Gasteiger partial charge in [0.2, 0.25) is 5.91 Å². The summed E-state index contributed by atoms with van der Waals surface area (Å²) in [6, 6.07) is 1.64. The lowest BCUT2D eigenvalue weighted by Crippen LogP contribution is -2.41. The number of fused-ring (bicyclic) bond motifs is 1. The Bertz CT molecular complexity index is 841. The summed E-state index contributed by atoms with van der Waals surface area (Å²) in [5, 5.41) is 12.5. The topological polar surface area (TPSA) is 97.4 Å². The molecule has 4 heterocycles. The van der Waals surface area contributed by atoms with E-state index in [1.807, 2.05) is 4.90 Å². The second-order valence-electron chi connectivity index (χ2n) is 6.98. The number of piperidine rings is 1. The third kappa shape index (κ3) is 2.97. The van der Waals surface area contributed by atoms with Crippen LogP contribution in [0.15, 0.2) is 10.6 Å². The van der Waals surface area contributed by atoms with Crippen molar-refractivity contribution >= 4 is 11.8 Å². The van der Waals surface area contributed by atoms with Crippen molar-refractivity contribution in [2.24, 2.45) is 0 Å². The zero-order chi connectivity index (χ0) is 18.3. The van der Waals surface area contributed by atoms with E-state index in [0.29, 0.717) is 37.6 Å². The lowest BCUT2D eigenvalue weighted by Gasteiger charge is -2.33. The molecule has 0 aromatic carbocycles. The maximum Gasteiger partial charge on any atom is 0.276 e. The van der Waals surface area contributed by atoms with Crippen LogP contribution in [-0.2, 0) is 17.9 Å². The summed E-state index contributed by atoms with van der Waals surface area (Å²) in [6.07, 6.45) is 1.98. The predicted molar refractivity (Wildman–Crippen MR) is 90.2 cm³/mol. The van der Waals surface area contributed by atoms with Gasteiger partial charge in [-0.2, -0.15) is 0 Å². The Kier molecular flexibility index (Phi) is 4.21. The summed E-state index contributed by atoms with van der Waals surface area (Å²) in [6.45, 7) is 6.50. The highest BCUT2D eigenvalue weighted by Gasteiger charge is 2.31. The van der Waals surface area contributed by atoms with Gasteiger partial charge in [0.05, 0.1) is 6.54 Å². The molecule has 2 aliphatic heterocycles. The Hall–Kier alpha value is -2.71. The van der Waals surface area contributed by atoms with Crippen molar-refractivity contribution in [3.05, 3.63) is 29.2 Å². The van der Waals surface area contributed by atoms with E-state index < -0.39 is 0 Å². The highest BCUT2D eigenvalue weighted by molar-refractivity contribution is 5.92. The molecule has 0 spiro atoms. The standard InChI is InChI=1S/C17H22N6O3/c1-11-8-14(20-26-11)17(25)22-6-7-23-15(10-22)18-19-16(23)13-4-3-5-21(9-13)12(2)24/h8,13H,3-7,9-10H2,1-2H3. The highest BCUT2D eigenvalue weighted by Crippen LogP contribution is 2.28. The molecule has 2 aromatic heterocycles. The fourth-order valence-electron chi connectivity index (χ4n) is 3.76. The molecule has 9 heteroatoms. The number of carbonyl (C=O) groups is 2. The van der Waals surface area contributed by atoms with E-state index in [0.717, 1.165) is 31.0 Å². The second kappa shape index (κ2) is 6.54. The normalized spacial score (nSPS) is 20.2. The summed E-state index contributed by atoms with van der Waals surface area (Å²) in [7, 11) is 0. The molecule has 2 amide bonds. The monoisotopic (exact) mass is 358 g/mol. The van der Waals surface area contributed by atoms with Crippen molar-refractivity contribution in [3.63, 3.8) is 0 Å². The van der Waals surface area contributed by atoms with Crippen molar-refractivity contribution in [1.29, 1.82) is 0 Å². The van der Waals surface area contributed by atoms with Gasteiger partial charge in [0, 0.05) is 45.1 Å². The van der Waals surface area contributed by atoms with E-state index in [2.05, 4.69) is 19.9 Å². The van der Waals surface area contributed by atoms with Gasteiger partial charge in [-0.1, -0.05) is 5.16 Å². The van der Waals surface area contributed by atoms with Crippen LogP contribution in [0.25, 0.3) is 0 Å². The van der Waals surface area contributed by atoms with Gasteiger partial charge in [-0.3, -0.25) is 9.59 Å². The first-order chi connectivity index (χ1) is 12.5. The third-order valence-electron chi connectivity index (χ3n) is 5.15. The first-order valence-electron chi connectivity index (χ1n) is 8.93. The molecule has 1 atom stereocenters. The molecule has 26 heavy (non-hydrogen) atoms. The third-order valence-corrected chi connectivity index (χ3v) is 5.15. The molecule has 1 saturated heterocycles. The molecule has 138 valence electrons. The van der Waals surface area contributed by atoms with Crippen LogP contribution in [0.3, 0.4) is 0 Å². The fraction of sp³-hybridized carbons (Fsp3) is 0.588. The van der Waals surface area contributed by atoms with Crippen LogP contribution >= 0.6 is 0 Å². The zero-order valence-corrected chi connectivity index (χ0v) is 15.0. The van der Waals surface area contributed by atoms with Gasteiger partial charge in [-0.15, -0.1) is 10.2 Å². The van der Waals surface area contributed by atoms with Gasteiger partial charge in [-0.05, 0) is 19.8 Å². The Morgan fingerprint density at radius 2 is 2.04 bits per heavy atom. The maximum absolute atomic E-state index is 12.6. The molecular weight excluding hydrogens is 336 g/mol. The van der Waals surface area contributed by atoms with Gasteiger partial charge in [-0.25, -0.2) is 0 Å². The first-order valence-corrected chi connectivity index (χ1v) is 8.93. The van der Waals surface area contributed by atoms with E-state index in [-0.39, 0.29) is 17.7 Å². The molecule has 0 bridgehead atoms. The molecule has 0 N–H and O–H groups in total. The minimum absolute atomic E-state index is 0.104. The van der Waals surface area contributed by atoms with Gasteiger partial charge >= 0.3 is 0 Å². The fourth-order valence-corrected chi connectivity index (χ4v) is 3.76. The van der Waals surface area contributed by atoms with Crippen LogP contribution in [0, 0.1) is 6.92 Å². The lowest BCUT2D eigenvalue weighted by atomic mass is 9.97. The van der Waals surface area contributed by atoms with Gasteiger partial charge in [0.25, 0.3) is 5.91 Å². The van der Waals surface area contributed by atoms with E-state index >= 15 is 0 Å². The minimum Gasteiger partial charge on any atom is -0.361 e. The number of rotatable bonds is 2. The lowest BCUT2D eigenvalue weighted by molar-refractivity contribution is -0.130. The zero-order valence-electron chi connectivity index (χ0n) is 15.0. The summed E-state index contributed by atoms with van der Waals surface area (Å²) >= 11 is 0. The number of nitrogens with zero attached hydrogens (tertiary/aromatic N) is 6. The Balaban J connectivity index is 1.50. The number of aromatic nitrogens is 4. The van der Waals surface area contributed by atoms with E-state index in [1.165, 1.54) is 0 Å². The average Bonchev–Trinajstić information content (AvgIpc) is 3.26. The molecule has 0 saturated carbocycles. The smallest absolute Gasteiger partial charge is 0.276 e. The molecule has 4 rings (SSSR count). The summed E-state index contributed by atoms with van der Waals surface area (Å²) in [5.41, 5.74) is 0.320. The summed E-state index contributed by atoms with van der Waals surface area (Å²) in [4.78, 5) is 27.8. The molecule has 0 radical (unpaired) electrons. The molecule has 0 aliphatic carbocycles. The van der Waals surface area contributed by atoms with Crippen molar-refractivity contribution in [2.75, 3.05) is 19.6 Å². The molecule has 2 aromatic rings. The van der Waals surface area contributed by atoms with Gasteiger partial charge in [0.1, 0.15) is 11.6 Å². The van der Waals surface area contributed by atoms with E-state index in [1.54, 1.807) is 24.8 Å². The molecule has 1 unspecified atom stereocenters. The van der Waals surface area contributed by atoms with E-state index in [4.69, 9.17) is 4.52 Å². The van der Waals surface area contributed by atoms with Crippen molar-refractivity contribution in [2.45, 2.75) is 45.7 Å². The SMILES string of the molecule is CC(=O)N1CCCC(c2nnc3n2CCN(C(=O)c2cc(C)on2)C3)C1. The predicted octanol–water partition coefficient (Wildman–Crippen LogP) is 0.956. The molecular formula is C17H22N6O3. The van der Waals surface area contributed by atoms with Crippen LogP contribution in [0.2, 0.25) is 0 Å². The van der Waals surface area contributed by atoms with Crippen molar-refractivity contribution < 1.29 is 14.1 Å². The molecule has 9 nitrogen and oxygen atoms in total. The minimum atomic E-state index is -0.155. The Morgan fingerprint density at radius 3 is 2.77 bits per heavy atom. The van der Waals surface area contributed by atoms with E-state index in [9.17, 15) is 9.59 Å². The highest BCUT2D eigenvalue weighted by atomic mass is 16.5. The Labute approximate surface area is 150 Å². The van der Waals surface area contributed by atoms with Crippen LogP contribution < -0.4 is 0 Å². The largest absolute Gasteiger partial charge is 0.361 e. The van der Waals surface area contributed by atoms with Crippen LogP contribution in [0.4, 0.5) is 0 Å².